The molecule has 0 aromatic carbocycles. The number of rotatable bonds is 8. The SMILES string of the molecule is Nc1nc2c(ncn2[C@@H]2O[C@H](CO)[C@H](F)[C@H]2OP(O)(=S)OC[C@H]2O[C@@H](n3cnc4c3NC=NC4N)[C@@H](F)[C@@H]2O)c(=O)[nH]1. The molecule has 3 aliphatic heterocycles. The molecule has 0 spiro atoms. The molecule has 2 unspecified atom stereocenters. The topological polar surface area (TPSA) is 255 Å². The number of aromatic amines is 1. The number of nitrogens with two attached hydrogens (primary N) is 2. The van der Waals surface area contributed by atoms with Crippen molar-refractivity contribution in [2.24, 2.45) is 10.7 Å². The van der Waals surface area contributed by atoms with Crippen molar-refractivity contribution >= 4 is 47.8 Å². The van der Waals surface area contributed by atoms with Gasteiger partial charge in [0.15, 0.2) is 36.0 Å². The van der Waals surface area contributed by atoms with Crippen LogP contribution >= 0.6 is 6.72 Å². The molecule has 9 N–H and O–H groups in total. The summed E-state index contributed by atoms with van der Waals surface area (Å²) in [4.78, 5) is 41.3. The van der Waals surface area contributed by atoms with E-state index in [1.165, 1.54) is 17.2 Å². The van der Waals surface area contributed by atoms with Crippen molar-refractivity contribution in [1.29, 1.82) is 0 Å². The molecule has 18 nitrogen and oxygen atoms in total. The Morgan fingerprint density at radius 1 is 1.17 bits per heavy atom. The molecule has 3 aromatic rings. The molecular formula is C20H25F2N10O8PS. The molecule has 0 bridgehead atoms. The number of fused-ring (bicyclic) bond motifs is 2. The molecule has 3 aromatic heterocycles. The Labute approximate surface area is 238 Å². The van der Waals surface area contributed by atoms with Crippen LogP contribution in [0.1, 0.15) is 24.3 Å². The van der Waals surface area contributed by atoms with Gasteiger partial charge in [-0.1, -0.05) is 0 Å². The van der Waals surface area contributed by atoms with E-state index >= 15 is 8.78 Å². The van der Waals surface area contributed by atoms with Gasteiger partial charge in [-0.15, -0.1) is 0 Å². The van der Waals surface area contributed by atoms with Crippen LogP contribution in [0, 0.1) is 0 Å². The third-order valence-corrected chi connectivity index (χ3v) is 8.49. The Morgan fingerprint density at radius 2 is 1.90 bits per heavy atom. The highest BCUT2D eigenvalue weighted by Gasteiger charge is 2.51. The summed E-state index contributed by atoms with van der Waals surface area (Å²) in [7, 11) is 0. The van der Waals surface area contributed by atoms with Crippen LogP contribution in [0.5, 0.6) is 0 Å². The lowest BCUT2D eigenvalue weighted by atomic mass is 10.1. The average Bonchev–Trinajstić information content (AvgIpc) is 3.69. The van der Waals surface area contributed by atoms with E-state index in [0.29, 0.717) is 11.5 Å². The van der Waals surface area contributed by atoms with Gasteiger partial charge in [0.25, 0.3) is 5.56 Å². The zero-order chi connectivity index (χ0) is 29.9. The first kappa shape index (κ1) is 29.1. The predicted molar refractivity (Wildman–Crippen MR) is 142 cm³/mol. The number of anilines is 2. The molecule has 228 valence electrons. The number of alkyl halides is 2. The van der Waals surface area contributed by atoms with Gasteiger partial charge in [0.05, 0.1) is 32.2 Å². The van der Waals surface area contributed by atoms with Crippen LogP contribution < -0.4 is 22.3 Å². The maximum atomic E-state index is 15.3. The molecule has 6 rings (SSSR count). The fraction of sp³-hybridized carbons (Fsp3) is 0.550. The highest BCUT2D eigenvalue weighted by atomic mass is 32.5. The first-order valence-electron chi connectivity index (χ1n) is 12.4. The Bertz CT molecular complexity index is 1620. The van der Waals surface area contributed by atoms with Gasteiger partial charge in [0, 0.05) is 0 Å². The third-order valence-electron chi connectivity index (χ3n) is 6.93. The molecule has 0 radical (unpaired) electrons. The zero-order valence-corrected chi connectivity index (χ0v) is 22.9. The van der Waals surface area contributed by atoms with E-state index in [0.717, 1.165) is 10.9 Å². The molecule has 42 heavy (non-hydrogen) atoms. The molecule has 0 saturated carbocycles. The summed E-state index contributed by atoms with van der Waals surface area (Å²) in [6.07, 6.45) is -9.94. The summed E-state index contributed by atoms with van der Waals surface area (Å²) in [6, 6.07) is 0. The van der Waals surface area contributed by atoms with Crippen LogP contribution in [0.2, 0.25) is 0 Å². The number of aliphatic imine (C=N–C) groups is 1. The maximum absolute atomic E-state index is 15.3. The Balaban J connectivity index is 1.17. The van der Waals surface area contributed by atoms with Crippen molar-refractivity contribution in [3.8, 4) is 0 Å². The summed E-state index contributed by atoms with van der Waals surface area (Å²) in [5.41, 5.74) is 10.9. The number of H-pyrrole nitrogens is 1. The summed E-state index contributed by atoms with van der Waals surface area (Å²) in [6.45, 7) is -5.74. The van der Waals surface area contributed by atoms with E-state index in [1.807, 2.05) is 0 Å². The number of imidazole rings is 2. The standard InChI is InChI=1S/C20H25F2N10O8PS/c21-8-6(1-33)38-19(32-5-28-11-16(32)29-20(24)30-17(11)35)13(8)40-41(36,42)37-2-7-12(34)9(22)18(39-7)31-4-27-10-14(23)25-3-26-15(10)31/h3-9,12-14,18-19,33-34H,1-2,23H2,(H,25,26)(H,36,42)(H3,24,29,30,35)/t6-,7-,8+,9+,12-,13-,14?,18-,19-,41?/m1/s1. The highest BCUT2D eigenvalue weighted by Crippen LogP contribution is 2.51. The maximum Gasteiger partial charge on any atom is 0.325 e. The average molecular weight is 635 g/mol. The van der Waals surface area contributed by atoms with Crippen LogP contribution in [0.4, 0.5) is 20.5 Å². The van der Waals surface area contributed by atoms with Crippen LogP contribution in [-0.4, -0.2) is 100 Å². The lowest BCUT2D eigenvalue weighted by Crippen LogP contribution is -2.33. The second kappa shape index (κ2) is 10.9. The summed E-state index contributed by atoms with van der Waals surface area (Å²) >= 11 is 5.07. The normalized spacial score (nSPS) is 34.0. The second-order valence-electron chi connectivity index (χ2n) is 9.55. The van der Waals surface area contributed by atoms with Gasteiger partial charge >= 0.3 is 6.72 Å². The zero-order valence-electron chi connectivity index (χ0n) is 21.2. The fourth-order valence-electron chi connectivity index (χ4n) is 4.91. The summed E-state index contributed by atoms with van der Waals surface area (Å²) in [5.74, 6) is 0.0675. The largest absolute Gasteiger partial charge is 0.394 e. The van der Waals surface area contributed by atoms with Gasteiger partial charge in [-0.05, 0) is 11.8 Å². The predicted octanol–water partition coefficient (Wildman–Crippen LogP) is -1.55. The molecule has 2 saturated heterocycles. The minimum atomic E-state index is -4.33. The molecule has 0 amide bonds. The Morgan fingerprint density at radius 3 is 2.67 bits per heavy atom. The quantitative estimate of drug-likeness (QED) is 0.139. The number of hydrogen-bond acceptors (Lipinski definition) is 15. The van der Waals surface area contributed by atoms with E-state index in [-0.39, 0.29) is 17.1 Å². The van der Waals surface area contributed by atoms with Crippen molar-refractivity contribution in [2.75, 3.05) is 24.3 Å². The fourth-order valence-corrected chi connectivity index (χ4v) is 6.31. The smallest absolute Gasteiger partial charge is 0.325 e. The molecular weight excluding hydrogens is 609 g/mol. The van der Waals surface area contributed by atoms with Crippen molar-refractivity contribution in [1.82, 2.24) is 29.1 Å². The molecule has 2 fully saturated rings. The van der Waals surface area contributed by atoms with E-state index in [2.05, 4.69) is 30.2 Å². The summed E-state index contributed by atoms with van der Waals surface area (Å²) in [5, 5.41) is 22.9. The van der Waals surface area contributed by atoms with Crippen LogP contribution in [0.3, 0.4) is 0 Å². The number of aliphatic hydroxyl groups is 2. The van der Waals surface area contributed by atoms with Crippen LogP contribution in [-0.2, 0) is 30.3 Å². The first-order valence-corrected chi connectivity index (χ1v) is 14.9. The monoisotopic (exact) mass is 634 g/mol. The first-order chi connectivity index (χ1) is 20.0. The Hall–Kier alpha value is -2.98. The number of aromatic nitrogens is 6. The summed E-state index contributed by atoms with van der Waals surface area (Å²) < 4.78 is 54.9. The van der Waals surface area contributed by atoms with Gasteiger partial charge in [0.2, 0.25) is 5.95 Å². The lowest BCUT2D eigenvalue weighted by Gasteiger charge is -2.26. The van der Waals surface area contributed by atoms with E-state index in [9.17, 15) is 19.9 Å². The van der Waals surface area contributed by atoms with Gasteiger partial charge in [-0.25, -0.2) is 18.7 Å². The molecule has 22 heteroatoms. The molecule has 10 atom stereocenters. The third kappa shape index (κ3) is 5.00. The lowest BCUT2D eigenvalue weighted by molar-refractivity contribution is -0.0555. The number of aliphatic hydroxyl groups excluding tert-OH is 2. The number of nitrogen functional groups attached to an aromatic ring is 1. The van der Waals surface area contributed by atoms with Gasteiger partial charge in [-0.2, -0.15) is 4.98 Å². The minimum absolute atomic E-state index is 0.0845. The number of hydrogen-bond donors (Lipinski definition) is 7. The van der Waals surface area contributed by atoms with Crippen molar-refractivity contribution in [3.05, 3.63) is 28.7 Å². The Kier molecular flexibility index (Phi) is 7.58. The number of nitrogens with zero attached hydrogens (tertiary/aromatic N) is 6. The van der Waals surface area contributed by atoms with Gasteiger partial charge < -0.3 is 45.9 Å². The second-order valence-corrected chi connectivity index (χ2v) is 12.3. The van der Waals surface area contributed by atoms with Crippen molar-refractivity contribution < 1.29 is 42.4 Å². The van der Waals surface area contributed by atoms with Crippen molar-refractivity contribution in [2.45, 2.75) is 55.4 Å². The molecule has 6 heterocycles. The van der Waals surface area contributed by atoms with E-state index in [4.69, 9.17) is 41.8 Å². The molecule has 0 aliphatic carbocycles. The van der Waals surface area contributed by atoms with Gasteiger partial charge in [0.1, 0.15) is 42.1 Å². The van der Waals surface area contributed by atoms with Gasteiger partial charge in [-0.3, -0.25) is 28.4 Å². The number of halogens is 2. The number of ether oxygens (including phenoxy) is 2. The van der Waals surface area contributed by atoms with E-state index < -0.39 is 80.9 Å². The molecule has 3 aliphatic rings. The van der Waals surface area contributed by atoms with E-state index in [1.54, 1.807) is 0 Å². The van der Waals surface area contributed by atoms with Crippen LogP contribution in [0.25, 0.3) is 11.2 Å². The van der Waals surface area contributed by atoms with Crippen molar-refractivity contribution in [3.63, 3.8) is 0 Å². The highest BCUT2D eigenvalue weighted by molar-refractivity contribution is 8.07. The number of nitrogens with one attached hydrogen (secondary N) is 2. The minimum Gasteiger partial charge on any atom is -0.394 e. The van der Waals surface area contributed by atoms with Crippen LogP contribution in [0.15, 0.2) is 22.4 Å².